The number of carbonyl (C=O) groups is 1. The molecule has 0 spiro atoms. The molecule has 84 valence electrons. The number of rotatable bonds is 7. The second-order valence-electron chi connectivity index (χ2n) is 3.94. The average Bonchev–Trinajstić information content (AvgIpc) is 2.11. The molecule has 0 aliphatic heterocycles. The van der Waals surface area contributed by atoms with Crippen LogP contribution < -0.4 is 5.32 Å². The van der Waals surface area contributed by atoms with Gasteiger partial charge in [0.1, 0.15) is 0 Å². The van der Waals surface area contributed by atoms with E-state index in [0.29, 0.717) is 6.42 Å². The van der Waals surface area contributed by atoms with Gasteiger partial charge in [-0.25, -0.2) is 0 Å². The van der Waals surface area contributed by atoms with E-state index >= 15 is 0 Å². The van der Waals surface area contributed by atoms with Gasteiger partial charge >= 0.3 is 5.97 Å². The molecule has 0 unspecified atom stereocenters. The predicted octanol–water partition coefficient (Wildman–Crippen LogP) is -0.570. The molecule has 0 heterocycles. The summed E-state index contributed by atoms with van der Waals surface area (Å²) in [6.07, 6.45) is 0.535. The third kappa shape index (κ3) is 4.55. The zero-order valence-corrected chi connectivity index (χ0v) is 8.66. The highest BCUT2D eigenvalue weighted by atomic mass is 16.4. The van der Waals surface area contributed by atoms with Gasteiger partial charge in [0.15, 0.2) is 0 Å². The summed E-state index contributed by atoms with van der Waals surface area (Å²) >= 11 is 0. The molecular weight excluding hydrogens is 186 g/mol. The third-order valence-electron chi connectivity index (χ3n) is 2.02. The lowest BCUT2D eigenvalue weighted by molar-refractivity contribution is -0.136. The molecule has 14 heavy (non-hydrogen) atoms. The molecule has 0 saturated heterocycles. The summed E-state index contributed by atoms with van der Waals surface area (Å²) in [5.74, 6) is -0.726. The predicted molar refractivity (Wildman–Crippen MR) is 52.0 cm³/mol. The molecule has 0 aromatic rings. The second-order valence-corrected chi connectivity index (χ2v) is 3.94. The molecule has 0 atom stereocenters. The van der Waals surface area contributed by atoms with Gasteiger partial charge in [-0.3, -0.25) is 10.1 Å². The van der Waals surface area contributed by atoms with Crippen LogP contribution in [0.3, 0.4) is 0 Å². The van der Waals surface area contributed by atoms with Crippen molar-refractivity contribution in [2.24, 2.45) is 5.92 Å². The first-order chi connectivity index (χ1) is 6.45. The minimum atomic E-state index is -1.000. The van der Waals surface area contributed by atoms with E-state index in [2.05, 4.69) is 5.32 Å². The average molecular weight is 205 g/mol. The Labute approximate surface area is 83.8 Å². The molecule has 0 radical (unpaired) electrons. The summed E-state index contributed by atoms with van der Waals surface area (Å²) in [6.45, 7) is 3.10. The highest BCUT2D eigenvalue weighted by Gasteiger charge is 2.29. The van der Waals surface area contributed by atoms with Crippen molar-refractivity contribution < 1.29 is 20.1 Å². The highest BCUT2D eigenvalue weighted by Crippen LogP contribution is 2.15. The Hall–Kier alpha value is -0.650. The largest absolute Gasteiger partial charge is 0.480 e. The minimum absolute atomic E-state index is 0.256. The summed E-state index contributed by atoms with van der Waals surface area (Å²) in [5.41, 5.74) is -0.882. The molecule has 0 aliphatic carbocycles. The van der Waals surface area contributed by atoms with E-state index in [1.807, 2.05) is 13.8 Å². The van der Waals surface area contributed by atoms with Gasteiger partial charge in [-0.05, 0) is 12.3 Å². The molecule has 4 N–H and O–H groups in total. The Bertz CT molecular complexity index is 178. The van der Waals surface area contributed by atoms with E-state index < -0.39 is 11.5 Å². The monoisotopic (exact) mass is 205 g/mol. The molecule has 0 amide bonds. The first-order valence-electron chi connectivity index (χ1n) is 4.64. The van der Waals surface area contributed by atoms with Gasteiger partial charge in [0.05, 0.1) is 25.3 Å². The van der Waals surface area contributed by atoms with E-state index in [0.717, 1.165) is 0 Å². The molecule has 0 bridgehead atoms. The topological polar surface area (TPSA) is 89.8 Å². The summed E-state index contributed by atoms with van der Waals surface area (Å²) in [4.78, 5) is 10.3. The third-order valence-corrected chi connectivity index (χ3v) is 2.02. The summed E-state index contributed by atoms with van der Waals surface area (Å²) in [5, 5.41) is 29.4. The first kappa shape index (κ1) is 13.4. The number of carboxylic acids is 1. The zero-order chi connectivity index (χ0) is 11.2. The normalized spacial score (nSPS) is 12.1. The van der Waals surface area contributed by atoms with Gasteiger partial charge in [-0.15, -0.1) is 0 Å². The van der Waals surface area contributed by atoms with E-state index in [9.17, 15) is 4.79 Å². The quantitative estimate of drug-likeness (QED) is 0.447. The van der Waals surface area contributed by atoms with Crippen molar-refractivity contribution in [2.45, 2.75) is 25.8 Å². The van der Waals surface area contributed by atoms with Crippen LogP contribution in [-0.4, -0.2) is 46.6 Å². The van der Waals surface area contributed by atoms with Gasteiger partial charge in [0, 0.05) is 0 Å². The Kier molecular flexibility index (Phi) is 5.68. The lowest BCUT2D eigenvalue weighted by atomic mass is 9.90. The van der Waals surface area contributed by atoms with Crippen molar-refractivity contribution in [3.8, 4) is 0 Å². The number of aliphatic carboxylic acids is 1. The van der Waals surface area contributed by atoms with Crippen molar-refractivity contribution in [1.82, 2.24) is 5.32 Å². The fourth-order valence-electron chi connectivity index (χ4n) is 1.41. The number of aliphatic hydroxyl groups is 2. The van der Waals surface area contributed by atoms with Gasteiger partial charge in [0.2, 0.25) is 0 Å². The van der Waals surface area contributed by atoms with Crippen LogP contribution in [0.2, 0.25) is 0 Å². The second kappa shape index (κ2) is 5.95. The summed E-state index contributed by atoms with van der Waals surface area (Å²) in [7, 11) is 0. The lowest BCUT2D eigenvalue weighted by Crippen LogP contribution is -2.54. The maximum atomic E-state index is 10.3. The van der Waals surface area contributed by atoms with Crippen LogP contribution in [0.15, 0.2) is 0 Å². The van der Waals surface area contributed by atoms with Crippen molar-refractivity contribution in [3.05, 3.63) is 0 Å². The van der Waals surface area contributed by atoms with Crippen molar-refractivity contribution >= 4 is 5.97 Å². The van der Waals surface area contributed by atoms with Crippen molar-refractivity contribution in [2.75, 3.05) is 19.8 Å². The van der Waals surface area contributed by atoms with E-state index in [-0.39, 0.29) is 25.7 Å². The van der Waals surface area contributed by atoms with E-state index in [1.165, 1.54) is 0 Å². The minimum Gasteiger partial charge on any atom is -0.480 e. The molecule has 0 aromatic heterocycles. The van der Waals surface area contributed by atoms with Crippen LogP contribution >= 0.6 is 0 Å². The molecule has 5 heteroatoms. The van der Waals surface area contributed by atoms with Gasteiger partial charge in [0.25, 0.3) is 0 Å². The molecule has 0 rings (SSSR count). The number of aliphatic hydroxyl groups excluding tert-OH is 2. The fraction of sp³-hybridized carbons (Fsp3) is 0.889. The van der Waals surface area contributed by atoms with Crippen LogP contribution in [0.4, 0.5) is 0 Å². The summed E-state index contributed by atoms with van der Waals surface area (Å²) in [6, 6.07) is 0. The SMILES string of the molecule is CC(C)CC(CO)(CO)NCC(=O)O. The summed E-state index contributed by atoms with van der Waals surface area (Å²) < 4.78 is 0. The fourth-order valence-corrected chi connectivity index (χ4v) is 1.41. The van der Waals surface area contributed by atoms with E-state index in [4.69, 9.17) is 15.3 Å². The lowest BCUT2D eigenvalue weighted by Gasteiger charge is -2.32. The van der Waals surface area contributed by atoms with Crippen LogP contribution in [0, 0.1) is 5.92 Å². The van der Waals surface area contributed by atoms with Crippen LogP contribution in [-0.2, 0) is 4.79 Å². The Morgan fingerprint density at radius 3 is 2.14 bits per heavy atom. The number of hydrogen-bond donors (Lipinski definition) is 4. The first-order valence-corrected chi connectivity index (χ1v) is 4.64. The molecule has 0 fully saturated rings. The zero-order valence-electron chi connectivity index (χ0n) is 8.66. The smallest absolute Gasteiger partial charge is 0.317 e. The number of nitrogens with one attached hydrogen (secondary N) is 1. The number of carboxylic acid groups (broad SMARTS) is 1. The Balaban J connectivity index is 4.28. The standard InChI is InChI=1S/C9H19NO4/c1-7(2)3-9(5-11,6-12)10-4-8(13)14/h7,10-12H,3-6H2,1-2H3,(H,13,14). The van der Waals surface area contributed by atoms with Crippen LogP contribution in [0.1, 0.15) is 20.3 Å². The van der Waals surface area contributed by atoms with Gasteiger partial charge < -0.3 is 15.3 Å². The van der Waals surface area contributed by atoms with Crippen molar-refractivity contribution in [3.63, 3.8) is 0 Å². The van der Waals surface area contributed by atoms with E-state index in [1.54, 1.807) is 0 Å². The molecular formula is C9H19NO4. The van der Waals surface area contributed by atoms with Gasteiger partial charge in [-0.2, -0.15) is 0 Å². The van der Waals surface area contributed by atoms with Gasteiger partial charge in [-0.1, -0.05) is 13.8 Å². The molecule has 0 aromatic carbocycles. The molecule has 0 aliphatic rings. The molecule has 5 nitrogen and oxygen atoms in total. The Morgan fingerprint density at radius 2 is 1.86 bits per heavy atom. The maximum Gasteiger partial charge on any atom is 0.317 e. The van der Waals surface area contributed by atoms with Crippen LogP contribution in [0.5, 0.6) is 0 Å². The maximum absolute atomic E-state index is 10.3. The van der Waals surface area contributed by atoms with Crippen LogP contribution in [0.25, 0.3) is 0 Å². The number of hydrogen-bond acceptors (Lipinski definition) is 4. The Morgan fingerprint density at radius 1 is 1.36 bits per heavy atom. The molecule has 0 saturated carbocycles. The van der Waals surface area contributed by atoms with Crippen molar-refractivity contribution in [1.29, 1.82) is 0 Å². The highest BCUT2D eigenvalue weighted by molar-refractivity contribution is 5.69.